The van der Waals surface area contributed by atoms with E-state index in [0.29, 0.717) is 10.5 Å². The highest BCUT2D eigenvalue weighted by molar-refractivity contribution is 8.04. The summed E-state index contributed by atoms with van der Waals surface area (Å²) in [6, 6.07) is 15.5. The highest BCUT2D eigenvalue weighted by Gasteiger charge is 2.38. The predicted octanol–water partition coefficient (Wildman–Crippen LogP) is 4.36. The molecule has 0 spiro atoms. The van der Waals surface area contributed by atoms with Crippen molar-refractivity contribution in [2.45, 2.75) is 18.7 Å². The van der Waals surface area contributed by atoms with E-state index in [1.807, 2.05) is 62.4 Å². The van der Waals surface area contributed by atoms with Crippen LogP contribution in [-0.4, -0.2) is 23.3 Å². The van der Waals surface area contributed by atoms with Gasteiger partial charge in [0.15, 0.2) is 0 Å². The van der Waals surface area contributed by atoms with Crippen LogP contribution in [0.1, 0.15) is 16.7 Å². The molecule has 1 aliphatic rings. The van der Waals surface area contributed by atoms with Gasteiger partial charge in [-0.05, 0) is 42.7 Å². The van der Waals surface area contributed by atoms with Crippen molar-refractivity contribution in [3.63, 3.8) is 0 Å². The Bertz CT molecular complexity index is 884. The van der Waals surface area contributed by atoms with Crippen molar-refractivity contribution in [2.75, 3.05) is 6.54 Å². The van der Waals surface area contributed by atoms with Gasteiger partial charge in [0.2, 0.25) is 0 Å². The van der Waals surface area contributed by atoms with E-state index in [1.54, 1.807) is 6.08 Å². The molecule has 0 aromatic heterocycles. The fourth-order valence-electron chi connectivity index (χ4n) is 2.70. The van der Waals surface area contributed by atoms with Crippen LogP contribution in [0.5, 0.6) is 0 Å². The van der Waals surface area contributed by atoms with Crippen LogP contribution in [0.25, 0.3) is 5.57 Å². The van der Waals surface area contributed by atoms with E-state index in [-0.39, 0.29) is 18.4 Å². The number of aryl methyl sites for hydroxylation is 2. The number of hydrogen-bond donors (Lipinski definition) is 0. The molecule has 0 saturated heterocycles. The molecule has 126 valence electrons. The molecular weight excluding hydrogens is 330 g/mol. The fraction of sp³-hybridized carbons (Fsp3) is 0.143. The third-order valence-corrected chi connectivity index (χ3v) is 5.29. The summed E-state index contributed by atoms with van der Waals surface area (Å²) < 4.78 is 0. The van der Waals surface area contributed by atoms with E-state index in [2.05, 4.69) is 6.58 Å². The number of amides is 2. The molecule has 0 bridgehead atoms. The van der Waals surface area contributed by atoms with Crippen LogP contribution in [0.15, 0.2) is 71.0 Å². The SMILES string of the molecule is C=CCN1C(=O)C(Sc2ccccc2)=C(c2ccc(C)c(C)c2)C1=O. The average molecular weight is 349 g/mol. The number of benzene rings is 2. The molecule has 2 aromatic carbocycles. The first kappa shape index (κ1) is 17.2. The molecule has 0 saturated carbocycles. The van der Waals surface area contributed by atoms with Gasteiger partial charge in [-0.2, -0.15) is 0 Å². The van der Waals surface area contributed by atoms with E-state index in [4.69, 9.17) is 0 Å². The van der Waals surface area contributed by atoms with Gasteiger partial charge in [-0.15, -0.1) is 6.58 Å². The lowest BCUT2D eigenvalue weighted by Gasteiger charge is -2.12. The highest BCUT2D eigenvalue weighted by atomic mass is 32.2. The standard InChI is InChI=1S/C21H19NO2S/c1-4-12-22-20(23)18(16-11-10-14(2)15(3)13-16)19(21(22)24)25-17-8-6-5-7-9-17/h4-11,13H,1,12H2,2-3H3. The van der Waals surface area contributed by atoms with E-state index < -0.39 is 0 Å². The Hall–Kier alpha value is -2.59. The van der Waals surface area contributed by atoms with Gasteiger partial charge < -0.3 is 0 Å². The zero-order valence-corrected chi connectivity index (χ0v) is 15.1. The van der Waals surface area contributed by atoms with E-state index in [1.165, 1.54) is 16.7 Å². The molecule has 2 aromatic rings. The third-order valence-electron chi connectivity index (χ3n) is 4.20. The summed E-state index contributed by atoms with van der Waals surface area (Å²) in [5.41, 5.74) is 3.51. The number of carbonyl (C=O) groups excluding carboxylic acids is 2. The van der Waals surface area contributed by atoms with Crippen molar-refractivity contribution < 1.29 is 9.59 Å². The van der Waals surface area contributed by atoms with Gasteiger partial charge in [-0.1, -0.05) is 54.2 Å². The number of imide groups is 1. The van der Waals surface area contributed by atoms with Crippen LogP contribution in [0.3, 0.4) is 0 Å². The lowest BCUT2D eigenvalue weighted by molar-refractivity contribution is -0.135. The Kier molecular flexibility index (Phi) is 4.91. The molecule has 1 aliphatic heterocycles. The van der Waals surface area contributed by atoms with Crippen LogP contribution < -0.4 is 0 Å². The maximum absolute atomic E-state index is 12.9. The van der Waals surface area contributed by atoms with Gasteiger partial charge in [0, 0.05) is 11.4 Å². The fourth-order valence-corrected chi connectivity index (χ4v) is 3.73. The van der Waals surface area contributed by atoms with Crippen molar-refractivity contribution in [2.24, 2.45) is 0 Å². The first-order valence-corrected chi connectivity index (χ1v) is 8.86. The van der Waals surface area contributed by atoms with Gasteiger partial charge >= 0.3 is 0 Å². The van der Waals surface area contributed by atoms with Crippen molar-refractivity contribution >= 4 is 29.1 Å². The Labute approximate surface area is 152 Å². The average Bonchev–Trinajstić information content (AvgIpc) is 2.83. The summed E-state index contributed by atoms with van der Waals surface area (Å²) in [6.07, 6.45) is 1.57. The molecular formula is C21H19NO2S. The molecule has 0 N–H and O–H groups in total. The molecule has 4 heteroatoms. The molecule has 25 heavy (non-hydrogen) atoms. The molecule has 0 atom stereocenters. The van der Waals surface area contributed by atoms with Crippen LogP contribution in [0.2, 0.25) is 0 Å². The van der Waals surface area contributed by atoms with Gasteiger partial charge in [0.05, 0.1) is 10.5 Å². The lowest BCUT2D eigenvalue weighted by Crippen LogP contribution is -2.31. The third kappa shape index (κ3) is 3.30. The van der Waals surface area contributed by atoms with Crippen LogP contribution in [0, 0.1) is 13.8 Å². The number of nitrogens with zero attached hydrogens (tertiary/aromatic N) is 1. The quantitative estimate of drug-likeness (QED) is 0.594. The minimum atomic E-state index is -0.258. The van der Waals surface area contributed by atoms with E-state index >= 15 is 0 Å². The topological polar surface area (TPSA) is 37.4 Å². The summed E-state index contributed by atoms with van der Waals surface area (Å²) in [5, 5.41) is 0. The molecule has 3 rings (SSSR count). The second-order valence-electron chi connectivity index (χ2n) is 5.93. The zero-order chi connectivity index (χ0) is 18.0. The summed E-state index contributed by atoms with van der Waals surface area (Å²) >= 11 is 1.34. The lowest BCUT2D eigenvalue weighted by atomic mass is 10.0. The van der Waals surface area contributed by atoms with Crippen LogP contribution >= 0.6 is 11.8 Å². The smallest absolute Gasteiger partial charge is 0.268 e. The summed E-state index contributed by atoms with van der Waals surface area (Å²) in [4.78, 5) is 28.4. The molecule has 0 aliphatic carbocycles. The second kappa shape index (κ2) is 7.11. The van der Waals surface area contributed by atoms with Gasteiger partial charge in [-0.3, -0.25) is 14.5 Å². The number of hydrogen-bond acceptors (Lipinski definition) is 3. The summed E-state index contributed by atoms with van der Waals surface area (Å²) in [7, 11) is 0. The van der Waals surface area contributed by atoms with Crippen molar-refractivity contribution in [1.82, 2.24) is 4.90 Å². The molecule has 1 heterocycles. The van der Waals surface area contributed by atoms with Crippen molar-refractivity contribution in [3.8, 4) is 0 Å². The molecule has 0 radical (unpaired) electrons. The van der Waals surface area contributed by atoms with Gasteiger partial charge in [0.1, 0.15) is 0 Å². The maximum Gasteiger partial charge on any atom is 0.268 e. The first-order chi connectivity index (χ1) is 12.0. The predicted molar refractivity (Wildman–Crippen MR) is 102 cm³/mol. The minimum absolute atomic E-state index is 0.213. The Balaban J connectivity index is 2.11. The number of thioether (sulfide) groups is 1. The normalized spacial score (nSPS) is 14.4. The van der Waals surface area contributed by atoms with E-state index in [0.717, 1.165) is 21.6 Å². The summed E-state index contributed by atoms with van der Waals surface area (Å²) in [6.45, 7) is 7.90. The largest absolute Gasteiger partial charge is 0.270 e. The van der Waals surface area contributed by atoms with Crippen LogP contribution in [-0.2, 0) is 9.59 Å². The number of rotatable bonds is 5. The number of carbonyl (C=O) groups is 2. The van der Waals surface area contributed by atoms with E-state index in [9.17, 15) is 9.59 Å². The second-order valence-corrected chi connectivity index (χ2v) is 7.01. The Morgan fingerprint density at radius 3 is 2.36 bits per heavy atom. The molecule has 3 nitrogen and oxygen atoms in total. The van der Waals surface area contributed by atoms with Gasteiger partial charge in [0.25, 0.3) is 11.8 Å². The molecule has 0 fully saturated rings. The molecule has 2 amide bonds. The minimum Gasteiger partial charge on any atom is -0.270 e. The zero-order valence-electron chi connectivity index (χ0n) is 14.3. The summed E-state index contributed by atoms with van der Waals surface area (Å²) in [5.74, 6) is -0.515. The first-order valence-electron chi connectivity index (χ1n) is 8.05. The van der Waals surface area contributed by atoms with Crippen molar-refractivity contribution in [3.05, 3.63) is 82.8 Å². The monoisotopic (exact) mass is 349 g/mol. The highest BCUT2D eigenvalue weighted by Crippen LogP contribution is 2.39. The van der Waals surface area contributed by atoms with Gasteiger partial charge in [-0.25, -0.2) is 0 Å². The maximum atomic E-state index is 12.9. The molecule has 0 unspecified atom stereocenters. The van der Waals surface area contributed by atoms with Crippen molar-refractivity contribution in [1.29, 1.82) is 0 Å². The Morgan fingerprint density at radius 2 is 1.72 bits per heavy atom. The van der Waals surface area contributed by atoms with Crippen LogP contribution in [0.4, 0.5) is 0 Å². The Morgan fingerprint density at radius 1 is 1.00 bits per heavy atom.